The van der Waals surface area contributed by atoms with Crippen LogP contribution >= 0.6 is 0 Å². The number of hydrogen-bond acceptors (Lipinski definition) is 4. The van der Waals surface area contributed by atoms with E-state index in [1.54, 1.807) is 0 Å². The number of methoxy groups -OCH3 is 1. The van der Waals surface area contributed by atoms with Gasteiger partial charge in [0.05, 0.1) is 26.2 Å². The predicted octanol–water partition coefficient (Wildman–Crippen LogP) is 1.97. The van der Waals surface area contributed by atoms with Gasteiger partial charge in [0.1, 0.15) is 0 Å². The first kappa shape index (κ1) is 12.4. The zero-order valence-corrected chi connectivity index (χ0v) is 11.4. The maximum absolute atomic E-state index is 11.9. The maximum Gasteiger partial charge on any atom is 0.308 e. The zero-order valence-electron chi connectivity index (χ0n) is 11.4. The predicted molar refractivity (Wildman–Crippen MR) is 64.8 cm³/mol. The van der Waals surface area contributed by atoms with Crippen molar-refractivity contribution in [2.45, 2.75) is 38.9 Å². The quantitative estimate of drug-likeness (QED) is 0.671. The SMILES string of the molecule is COC(=O)[C@@H]1C[C@]2(C)C[C@@H](C)[C@H]1CC21OCCO1. The van der Waals surface area contributed by atoms with Crippen molar-refractivity contribution in [1.82, 2.24) is 0 Å². The van der Waals surface area contributed by atoms with Crippen molar-refractivity contribution in [3.05, 3.63) is 0 Å². The lowest BCUT2D eigenvalue weighted by molar-refractivity contribution is -0.298. The fraction of sp³-hybridized carbons (Fsp3) is 0.929. The molecular weight excluding hydrogens is 232 g/mol. The second-order valence-corrected chi connectivity index (χ2v) is 6.39. The van der Waals surface area contributed by atoms with E-state index in [2.05, 4.69) is 13.8 Å². The Morgan fingerprint density at radius 2 is 1.89 bits per heavy atom. The van der Waals surface area contributed by atoms with Crippen molar-refractivity contribution in [3.63, 3.8) is 0 Å². The van der Waals surface area contributed by atoms with Crippen LogP contribution in [-0.4, -0.2) is 32.1 Å². The third kappa shape index (κ3) is 1.48. The monoisotopic (exact) mass is 254 g/mol. The third-order valence-corrected chi connectivity index (χ3v) is 5.37. The van der Waals surface area contributed by atoms with E-state index in [1.807, 2.05) is 0 Å². The Morgan fingerprint density at radius 1 is 1.22 bits per heavy atom. The van der Waals surface area contributed by atoms with E-state index in [9.17, 15) is 4.79 Å². The Kier molecular flexibility index (Phi) is 2.72. The number of carbonyl (C=O) groups is 1. The molecule has 0 unspecified atom stereocenters. The molecule has 4 aliphatic rings. The van der Waals surface area contributed by atoms with Gasteiger partial charge in [-0.05, 0) is 24.7 Å². The molecule has 0 radical (unpaired) electrons. The molecule has 4 atom stereocenters. The summed E-state index contributed by atoms with van der Waals surface area (Å²) in [6.45, 7) is 5.80. The van der Waals surface area contributed by atoms with Gasteiger partial charge < -0.3 is 14.2 Å². The summed E-state index contributed by atoms with van der Waals surface area (Å²) in [5.74, 6) is 0.380. The highest BCUT2D eigenvalue weighted by Gasteiger charge is 2.65. The summed E-state index contributed by atoms with van der Waals surface area (Å²) < 4.78 is 16.9. The topological polar surface area (TPSA) is 44.8 Å². The van der Waals surface area contributed by atoms with Gasteiger partial charge in [0.25, 0.3) is 0 Å². The largest absolute Gasteiger partial charge is 0.469 e. The number of carbonyl (C=O) groups excluding carboxylic acids is 1. The van der Waals surface area contributed by atoms with Gasteiger partial charge >= 0.3 is 5.97 Å². The van der Waals surface area contributed by atoms with Gasteiger partial charge in [-0.15, -0.1) is 0 Å². The van der Waals surface area contributed by atoms with Gasteiger partial charge in [-0.3, -0.25) is 4.79 Å². The van der Waals surface area contributed by atoms with Crippen LogP contribution in [0.3, 0.4) is 0 Å². The van der Waals surface area contributed by atoms with Crippen LogP contribution in [0.5, 0.6) is 0 Å². The molecule has 1 spiro atoms. The Morgan fingerprint density at radius 3 is 2.44 bits per heavy atom. The third-order valence-electron chi connectivity index (χ3n) is 5.37. The highest BCUT2D eigenvalue weighted by molar-refractivity contribution is 5.73. The maximum atomic E-state index is 11.9. The van der Waals surface area contributed by atoms with Crippen LogP contribution in [0.2, 0.25) is 0 Å². The molecule has 0 amide bonds. The second kappa shape index (κ2) is 3.94. The van der Waals surface area contributed by atoms with Gasteiger partial charge in [0, 0.05) is 11.8 Å². The number of rotatable bonds is 1. The standard InChI is InChI=1S/C14H22O4/c1-9-6-13(2)7-11(12(15)16-3)10(9)8-14(13)17-4-5-18-14/h9-11H,4-8H2,1-3H3/t9-,10-,11-,13+/m1/s1. The van der Waals surface area contributed by atoms with Crippen molar-refractivity contribution < 1.29 is 19.0 Å². The summed E-state index contributed by atoms with van der Waals surface area (Å²) in [5, 5.41) is 0. The second-order valence-electron chi connectivity index (χ2n) is 6.39. The molecule has 0 aromatic carbocycles. The lowest BCUT2D eigenvalue weighted by Crippen LogP contribution is -2.61. The minimum atomic E-state index is -0.436. The molecule has 3 aliphatic carbocycles. The molecule has 3 saturated carbocycles. The van der Waals surface area contributed by atoms with E-state index in [0.717, 1.165) is 19.3 Å². The summed E-state index contributed by atoms with van der Waals surface area (Å²) >= 11 is 0. The van der Waals surface area contributed by atoms with Crippen molar-refractivity contribution in [2.24, 2.45) is 23.2 Å². The highest BCUT2D eigenvalue weighted by atomic mass is 16.7. The van der Waals surface area contributed by atoms with E-state index in [0.29, 0.717) is 25.0 Å². The molecule has 1 heterocycles. The van der Waals surface area contributed by atoms with Gasteiger partial charge in [-0.2, -0.15) is 0 Å². The molecule has 0 N–H and O–H groups in total. The van der Waals surface area contributed by atoms with Crippen molar-refractivity contribution in [3.8, 4) is 0 Å². The number of fused-ring (bicyclic) bond motifs is 2. The molecule has 4 fully saturated rings. The van der Waals surface area contributed by atoms with Gasteiger partial charge in [-0.25, -0.2) is 0 Å². The summed E-state index contributed by atoms with van der Waals surface area (Å²) in [4.78, 5) is 11.9. The number of esters is 1. The minimum absolute atomic E-state index is 0.0159. The normalized spacial score (nSPS) is 45.4. The smallest absolute Gasteiger partial charge is 0.308 e. The summed E-state index contributed by atoms with van der Waals surface area (Å²) in [6, 6.07) is 0. The first-order chi connectivity index (χ1) is 8.51. The van der Waals surface area contributed by atoms with E-state index in [1.165, 1.54) is 7.11 Å². The number of ether oxygens (including phenoxy) is 3. The van der Waals surface area contributed by atoms with Crippen LogP contribution in [0.4, 0.5) is 0 Å². The lowest BCUT2D eigenvalue weighted by Gasteiger charge is -2.59. The lowest BCUT2D eigenvalue weighted by atomic mass is 9.50. The fourth-order valence-corrected chi connectivity index (χ4v) is 4.52. The Balaban J connectivity index is 1.92. The molecular formula is C14H22O4. The zero-order chi connectivity index (χ0) is 13.0. The van der Waals surface area contributed by atoms with E-state index < -0.39 is 5.79 Å². The average molecular weight is 254 g/mol. The highest BCUT2D eigenvalue weighted by Crippen LogP contribution is 2.62. The molecule has 4 nitrogen and oxygen atoms in total. The molecule has 4 rings (SSSR count). The van der Waals surface area contributed by atoms with Gasteiger partial charge in [0.2, 0.25) is 0 Å². The van der Waals surface area contributed by atoms with Crippen LogP contribution in [0.1, 0.15) is 33.1 Å². The van der Waals surface area contributed by atoms with Gasteiger partial charge in [0.15, 0.2) is 5.79 Å². The van der Waals surface area contributed by atoms with Crippen molar-refractivity contribution >= 4 is 5.97 Å². The van der Waals surface area contributed by atoms with E-state index >= 15 is 0 Å². The Hall–Kier alpha value is -0.610. The molecule has 4 heteroatoms. The summed E-state index contributed by atoms with van der Waals surface area (Å²) in [6.07, 6.45) is 2.74. The molecule has 18 heavy (non-hydrogen) atoms. The van der Waals surface area contributed by atoms with Crippen molar-refractivity contribution in [2.75, 3.05) is 20.3 Å². The van der Waals surface area contributed by atoms with E-state index in [4.69, 9.17) is 14.2 Å². The Labute approximate surface area is 108 Å². The fourth-order valence-electron chi connectivity index (χ4n) is 4.52. The van der Waals surface area contributed by atoms with E-state index in [-0.39, 0.29) is 17.3 Å². The first-order valence-electron chi connectivity index (χ1n) is 6.87. The average Bonchev–Trinajstić information content (AvgIpc) is 2.80. The van der Waals surface area contributed by atoms with Crippen LogP contribution < -0.4 is 0 Å². The molecule has 2 bridgehead atoms. The molecule has 1 aliphatic heterocycles. The van der Waals surface area contributed by atoms with Crippen LogP contribution in [-0.2, 0) is 19.0 Å². The summed E-state index contributed by atoms with van der Waals surface area (Å²) in [7, 11) is 1.48. The first-order valence-corrected chi connectivity index (χ1v) is 6.87. The van der Waals surface area contributed by atoms with Gasteiger partial charge in [-0.1, -0.05) is 13.8 Å². The van der Waals surface area contributed by atoms with Crippen LogP contribution in [0, 0.1) is 23.2 Å². The minimum Gasteiger partial charge on any atom is -0.469 e. The van der Waals surface area contributed by atoms with Crippen LogP contribution in [0.25, 0.3) is 0 Å². The van der Waals surface area contributed by atoms with Crippen molar-refractivity contribution in [1.29, 1.82) is 0 Å². The van der Waals surface area contributed by atoms with Crippen LogP contribution in [0.15, 0.2) is 0 Å². The Bertz CT molecular complexity index is 361. The molecule has 102 valence electrons. The molecule has 0 aromatic rings. The molecule has 0 aromatic heterocycles. The summed E-state index contributed by atoms with van der Waals surface area (Å²) in [5.41, 5.74) is -0.0590. The molecule has 1 saturated heterocycles. The number of hydrogen-bond donors (Lipinski definition) is 0.